The average Bonchev–Trinajstić information content (AvgIpc) is 2.92. The molecule has 5 nitrogen and oxygen atoms in total. The molecule has 0 fully saturated rings. The van der Waals surface area contributed by atoms with Crippen LogP contribution in [0.2, 0.25) is 0 Å². The molecule has 0 saturated heterocycles. The molecule has 0 amide bonds. The summed E-state index contributed by atoms with van der Waals surface area (Å²) in [6.45, 7) is 0. The Hall–Kier alpha value is -1.99. The molecule has 0 bridgehead atoms. The molecule has 0 spiro atoms. The maximum absolute atomic E-state index is 12.0. The quantitative estimate of drug-likeness (QED) is 0.823. The number of carbonyl (C=O) groups is 2. The second kappa shape index (κ2) is 6.19. The summed E-state index contributed by atoms with van der Waals surface area (Å²) >= 11 is 1.20. The van der Waals surface area contributed by atoms with Gasteiger partial charge in [-0.25, -0.2) is 13.2 Å². The molecule has 7 heteroatoms. The maximum Gasteiger partial charge on any atom is 0.335 e. The van der Waals surface area contributed by atoms with Crippen molar-refractivity contribution >= 4 is 32.9 Å². The van der Waals surface area contributed by atoms with E-state index in [1.165, 1.54) is 35.6 Å². The van der Waals surface area contributed by atoms with Crippen LogP contribution in [-0.4, -0.2) is 31.0 Å². The smallest absolute Gasteiger partial charge is 0.335 e. The number of carboxylic acid groups (broad SMARTS) is 1. The molecule has 21 heavy (non-hydrogen) atoms. The van der Waals surface area contributed by atoms with Gasteiger partial charge in [0.25, 0.3) is 0 Å². The van der Waals surface area contributed by atoms with Gasteiger partial charge in [-0.3, -0.25) is 4.79 Å². The molecule has 0 saturated carbocycles. The number of benzene rings is 1. The molecule has 1 N–H and O–H groups in total. The fraction of sp³-hybridized carbons (Fsp3) is 0.143. The van der Waals surface area contributed by atoms with Gasteiger partial charge < -0.3 is 5.11 Å². The lowest BCUT2D eigenvalue weighted by Crippen LogP contribution is -2.17. The first-order valence-corrected chi connectivity index (χ1v) is 8.67. The zero-order chi connectivity index (χ0) is 15.5. The van der Waals surface area contributed by atoms with E-state index in [0.717, 1.165) is 0 Å². The van der Waals surface area contributed by atoms with Crippen molar-refractivity contribution in [3.63, 3.8) is 0 Å². The van der Waals surface area contributed by atoms with Gasteiger partial charge in [0.05, 0.1) is 16.2 Å². The van der Waals surface area contributed by atoms with E-state index in [2.05, 4.69) is 0 Å². The maximum atomic E-state index is 12.0. The summed E-state index contributed by atoms with van der Waals surface area (Å²) in [6.07, 6.45) is 0. The number of hydrogen-bond donors (Lipinski definition) is 1. The molecule has 1 heterocycles. The highest BCUT2D eigenvalue weighted by molar-refractivity contribution is 7.91. The van der Waals surface area contributed by atoms with E-state index >= 15 is 0 Å². The minimum atomic E-state index is -3.58. The van der Waals surface area contributed by atoms with E-state index in [1.54, 1.807) is 17.5 Å². The summed E-state index contributed by atoms with van der Waals surface area (Å²) in [6, 6.07) is 8.84. The fourth-order valence-corrected chi connectivity index (χ4v) is 3.87. The summed E-state index contributed by atoms with van der Waals surface area (Å²) in [4.78, 5) is 22.9. The number of aromatic carboxylic acids is 1. The van der Waals surface area contributed by atoms with E-state index < -0.39 is 27.3 Å². The molecular weight excluding hydrogens is 312 g/mol. The van der Waals surface area contributed by atoms with Crippen molar-refractivity contribution in [3.05, 3.63) is 57.8 Å². The van der Waals surface area contributed by atoms with E-state index in [9.17, 15) is 18.0 Å². The number of hydrogen-bond acceptors (Lipinski definition) is 5. The Labute approximate surface area is 125 Å². The minimum Gasteiger partial charge on any atom is -0.478 e. The first kappa shape index (κ1) is 15.4. The topological polar surface area (TPSA) is 88.5 Å². The van der Waals surface area contributed by atoms with Crippen LogP contribution in [0.4, 0.5) is 0 Å². The van der Waals surface area contributed by atoms with Crippen molar-refractivity contribution < 1.29 is 23.1 Å². The van der Waals surface area contributed by atoms with E-state index in [-0.39, 0.29) is 11.3 Å². The molecule has 2 aromatic rings. The summed E-state index contributed by atoms with van der Waals surface area (Å²) in [5.41, 5.74) is 0.546. The number of ketones is 1. The highest BCUT2D eigenvalue weighted by atomic mass is 32.2. The summed E-state index contributed by atoms with van der Waals surface area (Å²) < 4.78 is 24.0. The van der Waals surface area contributed by atoms with Crippen LogP contribution in [0.5, 0.6) is 0 Å². The lowest BCUT2D eigenvalue weighted by Gasteiger charge is -2.04. The third-order valence-corrected chi connectivity index (χ3v) is 5.12. The molecule has 0 radical (unpaired) electrons. The van der Waals surface area contributed by atoms with Crippen molar-refractivity contribution in [2.24, 2.45) is 0 Å². The third kappa shape index (κ3) is 4.24. The summed E-state index contributed by atoms with van der Waals surface area (Å²) in [5, 5.41) is 10.5. The molecule has 0 aliphatic carbocycles. The van der Waals surface area contributed by atoms with E-state index in [1.807, 2.05) is 0 Å². The minimum absolute atomic E-state index is 0.0887. The lowest BCUT2D eigenvalue weighted by molar-refractivity contribution is 0.0696. The fourth-order valence-electron chi connectivity index (χ4n) is 1.76. The first-order valence-electron chi connectivity index (χ1n) is 5.97. The number of carboxylic acids is 1. The Morgan fingerprint density at radius 1 is 1.10 bits per heavy atom. The molecule has 0 aliphatic heterocycles. The number of thiophene rings is 1. The Morgan fingerprint density at radius 3 is 2.29 bits per heavy atom. The molecular formula is C14H12O5S2. The number of rotatable bonds is 6. The average molecular weight is 324 g/mol. The monoisotopic (exact) mass is 324 g/mol. The number of carbonyl (C=O) groups excluding carboxylic acids is 1. The molecule has 0 unspecified atom stereocenters. The Morgan fingerprint density at radius 2 is 1.76 bits per heavy atom. The van der Waals surface area contributed by atoms with Gasteiger partial charge in [0.1, 0.15) is 5.75 Å². The Bertz CT molecular complexity index is 743. The standard InChI is InChI=1S/C14H12O5S2/c15-12(13-2-1-7-20-13)9-21(18,19)8-10-3-5-11(6-4-10)14(16)17/h1-7H,8-9H2,(H,16,17). The predicted molar refractivity (Wildman–Crippen MR) is 79.5 cm³/mol. The van der Waals surface area contributed by atoms with Gasteiger partial charge in [-0.05, 0) is 29.1 Å². The van der Waals surface area contributed by atoms with Gasteiger partial charge in [0.15, 0.2) is 15.6 Å². The Balaban J connectivity index is 2.07. The van der Waals surface area contributed by atoms with Crippen molar-refractivity contribution in [1.82, 2.24) is 0 Å². The second-order valence-electron chi connectivity index (χ2n) is 4.43. The van der Waals surface area contributed by atoms with Gasteiger partial charge in [-0.2, -0.15) is 0 Å². The van der Waals surface area contributed by atoms with Crippen LogP contribution < -0.4 is 0 Å². The zero-order valence-electron chi connectivity index (χ0n) is 10.9. The van der Waals surface area contributed by atoms with Gasteiger partial charge in [-0.15, -0.1) is 11.3 Å². The molecule has 1 aromatic carbocycles. The van der Waals surface area contributed by atoms with Crippen molar-refractivity contribution in [3.8, 4) is 0 Å². The summed E-state index contributed by atoms with van der Waals surface area (Å²) in [7, 11) is -3.58. The van der Waals surface area contributed by atoms with E-state index in [4.69, 9.17) is 5.11 Å². The normalized spacial score (nSPS) is 11.2. The second-order valence-corrected chi connectivity index (χ2v) is 7.45. The molecule has 0 atom stereocenters. The highest BCUT2D eigenvalue weighted by Crippen LogP contribution is 2.14. The van der Waals surface area contributed by atoms with Gasteiger partial charge in [0.2, 0.25) is 0 Å². The molecule has 1 aromatic heterocycles. The predicted octanol–water partition coefficient (Wildman–Crippen LogP) is 2.24. The molecule has 110 valence electrons. The van der Waals surface area contributed by atoms with Gasteiger partial charge in [0, 0.05) is 0 Å². The molecule has 0 aliphatic rings. The lowest BCUT2D eigenvalue weighted by atomic mass is 10.1. The molecule has 2 rings (SSSR count). The highest BCUT2D eigenvalue weighted by Gasteiger charge is 2.19. The van der Waals surface area contributed by atoms with Crippen LogP contribution in [0.25, 0.3) is 0 Å². The van der Waals surface area contributed by atoms with Crippen molar-refractivity contribution in [2.45, 2.75) is 5.75 Å². The third-order valence-electron chi connectivity index (χ3n) is 2.73. The van der Waals surface area contributed by atoms with E-state index in [0.29, 0.717) is 10.4 Å². The van der Waals surface area contributed by atoms with Crippen LogP contribution >= 0.6 is 11.3 Å². The largest absolute Gasteiger partial charge is 0.478 e. The van der Waals surface area contributed by atoms with Gasteiger partial charge >= 0.3 is 5.97 Å². The van der Waals surface area contributed by atoms with Crippen LogP contribution in [0.1, 0.15) is 25.6 Å². The van der Waals surface area contributed by atoms with Gasteiger partial charge in [-0.1, -0.05) is 18.2 Å². The van der Waals surface area contributed by atoms with Crippen LogP contribution in [0.3, 0.4) is 0 Å². The SMILES string of the molecule is O=C(O)c1ccc(CS(=O)(=O)CC(=O)c2cccs2)cc1. The number of sulfone groups is 1. The first-order chi connectivity index (χ1) is 9.87. The van der Waals surface area contributed by atoms with Crippen LogP contribution in [-0.2, 0) is 15.6 Å². The van der Waals surface area contributed by atoms with Crippen LogP contribution in [0, 0.1) is 0 Å². The van der Waals surface area contributed by atoms with Crippen molar-refractivity contribution in [1.29, 1.82) is 0 Å². The number of Topliss-reactive ketones (excluding diaryl/α,β-unsaturated/α-hetero) is 1. The zero-order valence-corrected chi connectivity index (χ0v) is 12.5. The van der Waals surface area contributed by atoms with Crippen LogP contribution in [0.15, 0.2) is 41.8 Å². The van der Waals surface area contributed by atoms with Crippen molar-refractivity contribution in [2.75, 3.05) is 5.75 Å². The summed E-state index contributed by atoms with van der Waals surface area (Å²) in [5.74, 6) is -2.33. The Kier molecular flexibility index (Phi) is 4.54.